The summed E-state index contributed by atoms with van der Waals surface area (Å²) < 4.78 is 29.5. The Balaban J connectivity index is 2.14. The van der Waals surface area contributed by atoms with Crippen LogP contribution in [0.1, 0.15) is 23.7 Å². The first-order chi connectivity index (χ1) is 11.1. The summed E-state index contributed by atoms with van der Waals surface area (Å²) in [6, 6.07) is 10.0. The highest BCUT2D eigenvalue weighted by Gasteiger charge is 2.12. The third-order valence-electron chi connectivity index (χ3n) is 3.39. The summed E-state index contributed by atoms with van der Waals surface area (Å²) in [5.74, 6) is -1.21. The van der Waals surface area contributed by atoms with E-state index in [1.165, 1.54) is 41.7 Å². The zero-order chi connectivity index (χ0) is 16.4. The minimum Gasteiger partial charge on any atom is -0.314 e. The van der Waals surface area contributed by atoms with E-state index >= 15 is 0 Å². The van der Waals surface area contributed by atoms with Gasteiger partial charge in [-0.1, -0.05) is 24.3 Å². The van der Waals surface area contributed by atoms with Gasteiger partial charge in [-0.2, -0.15) is 4.99 Å². The Labute approximate surface area is 135 Å². The number of fused-ring (bicyclic) bond motifs is 1. The number of amides is 1. The molecule has 23 heavy (non-hydrogen) atoms. The summed E-state index contributed by atoms with van der Waals surface area (Å²) in [6.45, 7) is 2.54. The molecule has 0 aliphatic carbocycles. The molecule has 0 bridgehead atoms. The molecule has 3 aromatic rings. The molecule has 118 valence electrons. The number of aryl methyl sites for hydroxylation is 1. The first-order valence-electron chi connectivity index (χ1n) is 7.22. The number of rotatable bonds is 3. The van der Waals surface area contributed by atoms with E-state index in [2.05, 4.69) is 4.99 Å². The van der Waals surface area contributed by atoms with Gasteiger partial charge in [0, 0.05) is 12.1 Å². The lowest BCUT2D eigenvalue weighted by molar-refractivity contribution is 0.0997. The third kappa shape index (κ3) is 3.07. The normalized spacial score (nSPS) is 12.0. The van der Waals surface area contributed by atoms with Crippen LogP contribution in [0.25, 0.3) is 10.2 Å². The Morgan fingerprint density at radius 2 is 1.91 bits per heavy atom. The molecule has 3 nitrogen and oxygen atoms in total. The molecule has 0 fully saturated rings. The molecule has 1 amide bonds. The van der Waals surface area contributed by atoms with Crippen molar-refractivity contribution >= 4 is 27.5 Å². The molecule has 2 aromatic carbocycles. The lowest BCUT2D eigenvalue weighted by Gasteiger charge is -2.03. The highest BCUT2D eigenvalue weighted by Crippen LogP contribution is 2.20. The van der Waals surface area contributed by atoms with Crippen LogP contribution in [0.2, 0.25) is 0 Å². The molecule has 0 aliphatic rings. The highest BCUT2D eigenvalue weighted by molar-refractivity contribution is 7.16. The number of hydrogen-bond donors (Lipinski definition) is 0. The second-order valence-corrected chi connectivity index (χ2v) is 6.06. The summed E-state index contributed by atoms with van der Waals surface area (Å²) in [6.07, 6.45) is 0.790. The highest BCUT2D eigenvalue weighted by atomic mass is 32.1. The molecular formula is C17H14F2N2OS. The Hall–Kier alpha value is -2.34. The molecule has 1 aromatic heterocycles. The SMILES string of the molecule is CCCn1c(=NC(=O)c2ccc(F)cc2)sc2cccc(F)c21. The van der Waals surface area contributed by atoms with Crippen LogP contribution in [0.15, 0.2) is 47.5 Å². The quantitative estimate of drug-likeness (QED) is 0.710. The molecule has 0 atom stereocenters. The molecule has 0 saturated carbocycles. The van der Waals surface area contributed by atoms with Crippen molar-refractivity contribution in [2.45, 2.75) is 19.9 Å². The minimum absolute atomic E-state index is 0.298. The molecule has 6 heteroatoms. The number of thiazole rings is 1. The largest absolute Gasteiger partial charge is 0.314 e. The van der Waals surface area contributed by atoms with Gasteiger partial charge in [-0.15, -0.1) is 0 Å². The standard InChI is InChI=1S/C17H14F2N2OS/c1-2-10-21-15-13(19)4-3-5-14(15)23-17(21)20-16(22)11-6-8-12(18)9-7-11/h3-9H,2,10H2,1H3. The summed E-state index contributed by atoms with van der Waals surface area (Å²) >= 11 is 1.27. The van der Waals surface area contributed by atoms with Gasteiger partial charge in [0.25, 0.3) is 5.91 Å². The van der Waals surface area contributed by atoms with Gasteiger partial charge in [-0.3, -0.25) is 4.79 Å². The van der Waals surface area contributed by atoms with Crippen molar-refractivity contribution in [3.63, 3.8) is 0 Å². The topological polar surface area (TPSA) is 34.4 Å². The predicted octanol–water partition coefficient (Wildman–Crippen LogP) is 4.13. The van der Waals surface area contributed by atoms with Gasteiger partial charge < -0.3 is 4.57 Å². The number of nitrogens with zero attached hydrogens (tertiary/aromatic N) is 2. The van der Waals surface area contributed by atoms with E-state index in [0.29, 0.717) is 22.4 Å². The van der Waals surface area contributed by atoms with E-state index in [-0.39, 0.29) is 5.82 Å². The van der Waals surface area contributed by atoms with Crippen molar-refractivity contribution in [1.29, 1.82) is 0 Å². The average Bonchev–Trinajstić information content (AvgIpc) is 2.87. The Morgan fingerprint density at radius 3 is 2.61 bits per heavy atom. The van der Waals surface area contributed by atoms with Gasteiger partial charge in [-0.25, -0.2) is 8.78 Å². The number of para-hydroxylation sites is 1. The molecule has 3 rings (SSSR count). The van der Waals surface area contributed by atoms with Crippen LogP contribution in [0, 0.1) is 11.6 Å². The smallest absolute Gasteiger partial charge is 0.279 e. The van der Waals surface area contributed by atoms with Crippen LogP contribution >= 0.6 is 11.3 Å². The number of carbonyl (C=O) groups excluding carboxylic acids is 1. The van der Waals surface area contributed by atoms with E-state index in [1.807, 2.05) is 6.92 Å². The number of aromatic nitrogens is 1. The van der Waals surface area contributed by atoms with Crippen LogP contribution < -0.4 is 4.80 Å². The summed E-state index contributed by atoms with van der Waals surface area (Å²) in [4.78, 5) is 16.8. The molecule has 0 N–H and O–H groups in total. The third-order valence-corrected chi connectivity index (χ3v) is 4.43. The zero-order valence-corrected chi connectivity index (χ0v) is 13.2. The second kappa shape index (κ2) is 6.42. The van der Waals surface area contributed by atoms with Gasteiger partial charge in [-0.05, 0) is 42.8 Å². The maximum atomic E-state index is 14.1. The van der Waals surface area contributed by atoms with E-state index < -0.39 is 11.7 Å². The number of benzene rings is 2. The fraction of sp³-hybridized carbons (Fsp3) is 0.176. The van der Waals surface area contributed by atoms with Crippen molar-refractivity contribution in [2.24, 2.45) is 4.99 Å². The predicted molar refractivity (Wildman–Crippen MR) is 86.4 cm³/mol. The Kier molecular flexibility index (Phi) is 4.34. The van der Waals surface area contributed by atoms with Gasteiger partial charge >= 0.3 is 0 Å². The maximum absolute atomic E-state index is 14.1. The van der Waals surface area contributed by atoms with Crippen molar-refractivity contribution in [3.8, 4) is 0 Å². The molecule has 0 unspecified atom stereocenters. The summed E-state index contributed by atoms with van der Waals surface area (Å²) in [5.41, 5.74) is 0.761. The maximum Gasteiger partial charge on any atom is 0.279 e. The number of hydrogen-bond acceptors (Lipinski definition) is 2. The average molecular weight is 332 g/mol. The molecule has 0 aliphatic heterocycles. The number of carbonyl (C=O) groups is 1. The van der Waals surface area contributed by atoms with E-state index in [0.717, 1.165) is 11.1 Å². The van der Waals surface area contributed by atoms with Crippen molar-refractivity contribution in [3.05, 3.63) is 64.5 Å². The first-order valence-corrected chi connectivity index (χ1v) is 8.04. The minimum atomic E-state index is -0.471. The second-order valence-electron chi connectivity index (χ2n) is 5.05. The van der Waals surface area contributed by atoms with Crippen molar-refractivity contribution < 1.29 is 13.6 Å². The molecule has 0 saturated heterocycles. The Morgan fingerprint density at radius 1 is 1.17 bits per heavy atom. The monoisotopic (exact) mass is 332 g/mol. The van der Waals surface area contributed by atoms with Crippen LogP contribution in [0.3, 0.4) is 0 Å². The number of halogens is 2. The lowest BCUT2D eigenvalue weighted by Crippen LogP contribution is -2.17. The van der Waals surface area contributed by atoms with E-state index in [1.54, 1.807) is 16.7 Å². The van der Waals surface area contributed by atoms with Crippen molar-refractivity contribution in [1.82, 2.24) is 4.57 Å². The fourth-order valence-corrected chi connectivity index (χ4v) is 3.42. The molecule has 0 spiro atoms. The molecular weight excluding hydrogens is 318 g/mol. The van der Waals surface area contributed by atoms with Crippen LogP contribution in [-0.4, -0.2) is 10.5 Å². The van der Waals surface area contributed by atoms with Crippen LogP contribution in [-0.2, 0) is 6.54 Å². The van der Waals surface area contributed by atoms with Gasteiger partial charge in [0.2, 0.25) is 0 Å². The van der Waals surface area contributed by atoms with Crippen LogP contribution in [0.4, 0.5) is 8.78 Å². The Bertz CT molecular complexity index is 926. The zero-order valence-electron chi connectivity index (χ0n) is 12.4. The van der Waals surface area contributed by atoms with Crippen molar-refractivity contribution in [2.75, 3.05) is 0 Å². The van der Waals surface area contributed by atoms with Gasteiger partial charge in [0.05, 0.1) is 10.2 Å². The summed E-state index contributed by atoms with van der Waals surface area (Å²) in [7, 11) is 0. The molecule has 0 radical (unpaired) electrons. The van der Waals surface area contributed by atoms with Gasteiger partial charge in [0.1, 0.15) is 11.6 Å². The summed E-state index contributed by atoms with van der Waals surface area (Å²) in [5, 5.41) is 0. The lowest BCUT2D eigenvalue weighted by atomic mass is 10.2. The van der Waals surface area contributed by atoms with E-state index in [9.17, 15) is 13.6 Å². The van der Waals surface area contributed by atoms with Gasteiger partial charge in [0.15, 0.2) is 4.80 Å². The fourth-order valence-electron chi connectivity index (χ4n) is 2.35. The van der Waals surface area contributed by atoms with E-state index in [4.69, 9.17) is 0 Å². The van der Waals surface area contributed by atoms with Crippen LogP contribution in [0.5, 0.6) is 0 Å². The first kappa shape index (κ1) is 15.6. The molecule has 1 heterocycles.